The summed E-state index contributed by atoms with van der Waals surface area (Å²) in [5, 5.41) is 6.30. The van der Waals surface area contributed by atoms with E-state index in [-0.39, 0.29) is 5.91 Å². The molecule has 4 nitrogen and oxygen atoms in total. The molecule has 3 N–H and O–H groups in total. The quantitative estimate of drug-likeness (QED) is 0.714. The van der Waals surface area contributed by atoms with Gasteiger partial charge < -0.3 is 15.6 Å². The first kappa shape index (κ1) is 11.2. The number of nitrogens with one attached hydrogen (secondary N) is 3. The van der Waals surface area contributed by atoms with Crippen LogP contribution in [0.2, 0.25) is 0 Å². The molecule has 0 radical (unpaired) electrons. The molecule has 1 aromatic rings. The SMILES string of the molecule is O=C(CC1CCCCN1)NCc1ccc[nH]1. The summed E-state index contributed by atoms with van der Waals surface area (Å²) in [5.41, 5.74) is 1.05. The predicted molar refractivity (Wildman–Crippen MR) is 62.9 cm³/mol. The van der Waals surface area contributed by atoms with Gasteiger partial charge in [0.15, 0.2) is 0 Å². The minimum Gasteiger partial charge on any atom is -0.364 e. The molecule has 2 heterocycles. The third-order valence-corrected chi connectivity index (χ3v) is 2.98. The Morgan fingerprint density at radius 3 is 3.12 bits per heavy atom. The highest BCUT2D eigenvalue weighted by Gasteiger charge is 2.15. The number of carbonyl (C=O) groups excluding carboxylic acids is 1. The van der Waals surface area contributed by atoms with Crippen molar-refractivity contribution in [3.05, 3.63) is 24.0 Å². The van der Waals surface area contributed by atoms with E-state index in [9.17, 15) is 4.79 Å². The number of amides is 1. The summed E-state index contributed by atoms with van der Waals surface area (Å²) in [7, 11) is 0. The van der Waals surface area contributed by atoms with E-state index >= 15 is 0 Å². The van der Waals surface area contributed by atoms with Gasteiger partial charge in [0.1, 0.15) is 0 Å². The topological polar surface area (TPSA) is 56.9 Å². The van der Waals surface area contributed by atoms with Gasteiger partial charge in [0.05, 0.1) is 6.54 Å². The molecule has 1 fully saturated rings. The van der Waals surface area contributed by atoms with Crippen LogP contribution in [0.5, 0.6) is 0 Å². The standard InChI is InChI=1S/C12H19N3O/c16-12(8-10-4-1-2-6-13-10)15-9-11-5-3-7-14-11/h3,5,7,10,13-14H,1-2,4,6,8-9H2,(H,15,16). The Labute approximate surface area is 95.8 Å². The molecular formula is C12H19N3O. The average molecular weight is 221 g/mol. The number of aromatic nitrogens is 1. The van der Waals surface area contributed by atoms with Gasteiger partial charge in [0, 0.05) is 24.4 Å². The van der Waals surface area contributed by atoms with Gasteiger partial charge in [-0.05, 0) is 31.5 Å². The summed E-state index contributed by atoms with van der Waals surface area (Å²) in [6, 6.07) is 4.28. The van der Waals surface area contributed by atoms with Crippen molar-refractivity contribution in [2.75, 3.05) is 6.54 Å². The summed E-state index contributed by atoms with van der Waals surface area (Å²) in [6.07, 6.45) is 6.06. The Kier molecular flexibility index (Phi) is 3.99. The fourth-order valence-corrected chi connectivity index (χ4v) is 2.07. The highest BCUT2D eigenvalue weighted by Crippen LogP contribution is 2.09. The molecular weight excluding hydrogens is 202 g/mol. The lowest BCUT2D eigenvalue weighted by Gasteiger charge is -2.22. The van der Waals surface area contributed by atoms with Crippen LogP contribution < -0.4 is 10.6 Å². The molecule has 1 saturated heterocycles. The van der Waals surface area contributed by atoms with E-state index in [0.29, 0.717) is 19.0 Å². The van der Waals surface area contributed by atoms with E-state index in [1.54, 1.807) is 0 Å². The molecule has 0 spiro atoms. The zero-order valence-electron chi connectivity index (χ0n) is 9.46. The van der Waals surface area contributed by atoms with Gasteiger partial charge in [-0.1, -0.05) is 6.42 Å². The first-order chi connectivity index (χ1) is 7.84. The van der Waals surface area contributed by atoms with Crippen LogP contribution in [-0.2, 0) is 11.3 Å². The summed E-state index contributed by atoms with van der Waals surface area (Å²) >= 11 is 0. The molecule has 4 heteroatoms. The van der Waals surface area contributed by atoms with Crippen LogP contribution in [0.25, 0.3) is 0 Å². The molecule has 1 aliphatic heterocycles. The zero-order valence-corrected chi connectivity index (χ0v) is 9.46. The van der Waals surface area contributed by atoms with Gasteiger partial charge >= 0.3 is 0 Å². The lowest BCUT2D eigenvalue weighted by Crippen LogP contribution is -2.38. The summed E-state index contributed by atoms with van der Waals surface area (Å²) < 4.78 is 0. The van der Waals surface area contributed by atoms with Crippen LogP contribution in [0.4, 0.5) is 0 Å². The van der Waals surface area contributed by atoms with E-state index in [1.807, 2.05) is 18.3 Å². The summed E-state index contributed by atoms with van der Waals surface area (Å²) in [5.74, 6) is 0.133. The fourth-order valence-electron chi connectivity index (χ4n) is 2.07. The predicted octanol–water partition coefficient (Wildman–Crippen LogP) is 1.16. The van der Waals surface area contributed by atoms with Crippen molar-refractivity contribution in [1.82, 2.24) is 15.6 Å². The summed E-state index contributed by atoms with van der Waals surface area (Å²) in [6.45, 7) is 1.65. The molecule has 1 amide bonds. The van der Waals surface area contributed by atoms with Crippen molar-refractivity contribution >= 4 is 5.91 Å². The smallest absolute Gasteiger partial charge is 0.221 e. The van der Waals surface area contributed by atoms with Crippen LogP contribution in [0.3, 0.4) is 0 Å². The van der Waals surface area contributed by atoms with Gasteiger partial charge in [-0.15, -0.1) is 0 Å². The molecule has 1 aromatic heterocycles. The van der Waals surface area contributed by atoms with Crippen molar-refractivity contribution in [3.63, 3.8) is 0 Å². The Balaban J connectivity index is 1.67. The van der Waals surface area contributed by atoms with Crippen molar-refractivity contribution in [3.8, 4) is 0 Å². The van der Waals surface area contributed by atoms with Crippen LogP contribution in [0, 0.1) is 0 Å². The number of H-pyrrole nitrogens is 1. The molecule has 0 aliphatic carbocycles. The van der Waals surface area contributed by atoms with E-state index in [4.69, 9.17) is 0 Å². The number of rotatable bonds is 4. The number of piperidine rings is 1. The van der Waals surface area contributed by atoms with Crippen LogP contribution >= 0.6 is 0 Å². The van der Waals surface area contributed by atoms with Crippen LogP contribution in [0.1, 0.15) is 31.4 Å². The highest BCUT2D eigenvalue weighted by molar-refractivity contribution is 5.76. The normalized spacial score (nSPS) is 20.6. The van der Waals surface area contributed by atoms with E-state index in [0.717, 1.165) is 18.7 Å². The Bertz CT molecular complexity index is 315. The second kappa shape index (κ2) is 5.70. The number of aromatic amines is 1. The van der Waals surface area contributed by atoms with Gasteiger partial charge in [-0.2, -0.15) is 0 Å². The monoisotopic (exact) mass is 221 g/mol. The molecule has 1 unspecified atom stereocenters. The molecule has 0 aromatic carbocycles. The second-order valence-corrected chi connectivity index (χ2v) is 4.32. The van der Waals surface area contributed by atoms with E-state index < -0.39 is 0 Å². The maximum atomic E-state index is 11.6. The Morgan fingerprint density at radius 2 is 2.44 bits per heavy atom. The number of hydrogen-bond donors (Lipinski definition) is 3. The third-order valence-electron chi connectivity index (χ3n) is 2.98. The minimum atomic E-state index is 0.133. The van der Waals surface area contributed by atoms with Gasteiger partial charge in [0.25, 0.3) is 0 Å². The molecule has 16 heavy (non-hydrogen) atoms. The van der Waals surface area contributed by atoms with Gasteiger partial charge in [-0.25, -0.2) is 0 Å². The van der Waals surface area contributed by atoms with Crippen molar-refractivity contribution in [1.29, 1.82) is 0 Å². The number of hydrogen-bond acceptors (Lipinski definition) is 2. The van der Waals surface area contributed by atoms with Crippen molar-refractivity contribution < 1.29 is 4.79 Å². The first-order valence-electron chi connectivity index (χ1n) is 5.97. The minimum absolute atomic E-state index is 0.133. The Hall–Kier alpha value is -1.29. The lowest BCUT2D eigenvalue weighted by molar-refractivity contribution is -0.121. The van der Waals surface area contributed by atoms with E-state index in [1.165, 1.54) is 12.8 Å². The van der Waals surface area contributed by atoms with Crippen LogP contribution in [0.15, 0.2) is 18.3 Å². The largest absolute Gasteiger partial charge is 0.364 e. The molecule has 2 rings (SSSR count). The van der Waals surface area contributed by atoms with Gasteiger partial charge in [0.2, 0.25) is 5.91 Å². The molecule has 0 saturated carbocycles. The van der Waals surface area contributed by atoms with Crippen molar-refractivity contribution in [2.45, 2.75) is 38.3 Å². The van der Waals surface area contributed by atoms with Gasteiger partial charge in [-0.3, -0.25) is 4.79 Å². The maximum absolute atomic E-state index is 11.6. The second-order valence-electron chi connectivity index (χ2n) is 4.32. The molecule has 0 bridgehead atoms. The average Bonchev–Trinajstić information content (AvgIpc) is 2.81. The molecule has 1 aliphatic rings. The summed E-state index contributed by atoms with van der Waals surface area (Å²) in [4.78, 5) is 14.7. The highest BCUT2D eigenvalue weighted by atomic mass is 16.1. The number of carbonyl (C=O) groups is 1. The first-order valence-corrected chi connectivity index (χ1v) is 5.97. The van der Waals surface area contributed by atoms with E-state index in [2.05, 4.69) is 15.6 Å². The van der Waals surface area contributed by atoms with Crippen LogP contribution in [-0.4, -0.2) is 23.5 Å². The molecule has 88 valence electrons. The zero-order chi connectivity index (χ0) is 11.2. The molecule has 1 atom stereocenters. The van der Waals surface area contributed by atoms with Crippen molar-refractivity contribution in [2.24, 2.45) is 0 Å². The fraction of sp³-hybridized carbons (Fsp3) is 0.583. The Morgan fingerprint density at radius 1 is 1.50 bits per heavy atom. The maximum Gasteiger partial charge on any atom is 0.221 e. The lowest BCUT2D eigenvalue weighted by atomic mass is 10.0. The third kappa shape index (κ3) is 3.38.